The molecule has 1 aromatic carbocycles. The number of amides is 2. The molecule has 0 unspecified atom stereocenters. The van der Waals surface area contributed by atoms with Crippen LogP contribution in [0.25, 0.3) is 0 Å². The Balaban J connectivity index is 1.52. The summed E-state index contributed by atoms with van der Waals surface area (Å²) in [7, 11) is 0. The van der Waals surface area contributed by atoms with E-state index in [1.54, 1.807) is 13.8 Å². The number of likely N-dealkylation sites (tertiary alicyclic amines) is 1. The van der Waals surface area contributed by atoms with E-state index < -0.39 is 5.60 Å². The minimum atomic E-state index is -0.843. The standard InChI is InChI=1S/C19H29N3O2/c1-19(2,24)17-9-6-12-22(17)18(23)20-15-10-13-21(14-11-15)16-7-4-3-5-8-16/h3-5,7-8,15,17,24H,6,9-14H2,1-2H3,(H,20,23)/t17-/m0/s1. The van der Waals surface area contributed by atoms with Crippen LogP contribution in [0.15, 0.2) is 30.3 Å². The average Bonchev–Trinajstić information content (AvgIpc) is 3.06. The number of benzene rings is 1. The Morgan fingerprint density at radius 2 is 1.79 bits per heavy atom. The average molecular weight is 331 g/mol. The third-order valence-electron chi connectivity index (χ3n) is 5.27. The van der Waals surface area contributed by atoms with E-state index >= 15 is 0 Å². The maximum atomic E-state index is 12.6. The van der Waals surface area contributed by atoms with Crippen LogP contribution in [0.1, 0.15) is 39.5 Å². The zero-order valence-corrected chi connectivity index (χ0v) is 14.7. The highest BCUT2D eigenvalue weighted by molar-refractivity contribution is 5.75. The van der Waals surface area contributed by atoms with Gasteiger partial charge in [0, 0.05) is 31.4 Å². The number of nitrogens with one attached hydrogen (secondary N) is 1. The number of carbonyl (C=O) groups excluding carboxylic acids is 1. The van der Waals surface area contributed by atoms with Crippen LogP contribution < -0.4 is 10.2 Å². The second kappa shape index (κ2) is 7.01. The molecule has 0 bridgehead atoms. The van der Waals surface area contributed by atoms with Crippen LogP contribution in [0.5, 0.6) is 0 Å². The zero-order valence-electron chi connectivity index (χ0n) is 14.7. The molecule has 2 aliphatic heterocycles. The Hall–Kier alpha value is -1.75. The van der Waals surface area contributed by atoms with Crippen molar-refractivity contribution in [2.75, 3.05) is 24.5 Å². The van der Waals surface area contributed by atoms with Gasteiger partial charge in [0.15, 0.2) is 0 Å². The van der Waals surface area contributed by atoms with Gasteiger partial charge >= 0.3 is 6.03 Å². The zero-order chi connectivity index (χ0) is 17.2. The van der Waals surface area contributed by atoms with E-state index in [4.69, 9.17) is 0 Å². The van der Waals surface area contributed by atoms with Gasteiger partial charge in [-0.05, 0) is 51.7 Å². The van der Waals surface area contributed by atoms with E-state index in [0.29, 0.717) is 0 Å². The molecule has 0 radical (unpaired) electrons. The smallest absolute Gasteiger partial charge is 0.317 e. The molecule has 2 saturated heterocycles. The van der Waals surface area contributed by atoms with Crippen molar-refractivity contribution in [2.45, 2.75) is 57.2 Å². The van der Waals surface area contributed by atoms with Gasteiger partial charge in [0.1, 0.15) is 0 Å². The van der Waals surface area contributed by atoms with Crippen LogP contribution in [-0.2, 0) is 0 Å². The lowest BCUT2D eigenvalue weighted by atomic mass is 9.97. The van der Waals surface area contributed by atoms with Gasteiger partial charge in [-0.2, -0.15) is 0 Å². The molecule has 24 heavy (non-hydrogen) atoms. The first-order valence-corrected chi connectivity index (χ1v) is 9.04. The van der Waals surface area contributed by atoms with Crippen LogP contribution >= 0.6 is 0 Å². The second-order valence-corrected chi connectivity index (χ2v) is 7.55. The highest BCUT2D eigenvalue weighted by Crippen LogP contribution is 2.27. The van der Waals surface area contributed by atoms with Gasteiger partial charge < -0.3 is 20.2 Å². The summed E-state index contributed by atoms with van der Waals surface area (Å²) >= 11 is 0. The fourth-order valence-electron chi connectivity index (χ4n) is 3.92. The van der Waals surface area contributed by atoms with E-state index in [2.05, 4.69) is 34.5 Å². The summed E-state index contributed by atoms with van der Waals surface area (Å²) < 4.78 is 0. The molecule has 2 fully saturated rings. The summed E-state index contributed by atoms with van der Waals surface area (Å²) in [6.07, 6.45) is 3.77. The van der Waals surface area contributed by atoms with Gasteiger partial charge in [0.25, 0.3) is 0 Å². The predicted molar refractivity (Wildman–Crippen MR) is 96.2 cm³/mol. The van der Waals surface area contributed by atoms with Crippen molar-refractivity contribution >= 4 is 11.7 Å². The lowest BCUT2D eigenvalue weighted by Crippen LogP contribution is -2.54. The van der Waals surface area contributed by atoms with Crippen LogP contribution in [0.4, 0.5) is 10.5 Å². The maximum Gasteiger partial charge on any atom is 0.317 e. The van der Waals surface area contributed by atoms with Crippen LogP contribution in [0.3, 0.4) is 0 Å². The number of urea groups is 1. The molecule has 2 heterocycles. The fraction of sp³-hybridized carbons (Fsp3) is 0.632. The molecule has 3 rings (SSSR count). The molecule has 1 aromatic rings. The fourth-order valence-corrected chi connectivity index (χ4v) is 3.92. The summed E-state index contributed by atoms with van der Waals surface area (Å²) in [5, 5.41) is 13.5. The van der Waals surface area contributed by atoms with E-state index in [1.165, 1.54) is 5.69 Å². The van der Waals surface area contributed by atoms with Gasteiger partial charge in [-0.25, -0.2) is 4.79 Å². The molecule has 5 nitrogen and oxygen atoms in total. The highest BCUT2D eigenvalue weighted by Gasteiger charge is 2.39. The number of hydrogen-bond acceptors (Lipinski definition) is 3. The molecular weight excluding hydrogens is 302 g/mol. The minimum Gasteiger partial charge on any atom is -0.388 e. The molecule has 0 spiro atoms. The normalized spacial score (nSPS) is 22.7. The lowest BCUT2D eigenvalue weighted by Gasteiger charge is -2.37. The molecule has 2 amide bonds. The first-order chi connectivity index (χ1) is 11.4. The van der Waals surface area contributed by atoms with Crippen molar-refractivity contribution in [2.24, 2.45) is 0 Å². The van der Waals surface area contributed by atoms with Crippen LogP contribution in [0.2, 0.25) is 0 Å². The van der Waals surface area contributed by atoms with Crippen molar-refractivity contribution in [3.8, 4) is 0 Å². The first kappa shape index (κ1) is 17.1. The van der Waals surface area contributed by atoms with Gasteiger partial charge in [0.2, 0.25) is 0 Å². The number of rotatable bonds is 3. The third kappa shape index (κ3) is 3.83. The summed E-state index contributed by atoms with van der Waals surface area (Å²) in [6.45, 7) is 6.25. The molecular formula is C19H29N3O2. The predicted octanol–water partition coefficient (Wildman–Crippen LogP) is 2.60. The summed E-state index contributed by atoms with van der Waals surface area (Å²) in [5.74, 6) is 0. The summed E-state index contributed by atoms with van der Waals surface area (Å²) in [5.41, 5.74) is 0.411. The number of nitrogens with zero attached hydrogens (tertiary/aromatic N) is 2. The van der Waals surface area contributed by atoms with Gasteiger partial charge in [-0.1, -0.05) is 18.2 Å². The third-order valence-corrected chi connectivity index (χ3v) is 5.27. The number of anilines is 1. The van der Waals surface area contributed by atoms with Crippen molar-refractivity contribution < 1.29 is 9.90 Å². The molecule has 1 atom stereocenters. The quantitative estimate of drug-likeness (QED) is 0.895. The SMILES string of the molecule is CC(C)(O)[C@@H]1CCCN1C(=O)NC1CCN(c2ccccc2)CC1. The highest BCUT2D eigenvalue weighted by atomic mass is 16.3. The number of carbonyl (C=O) groups is 1. The first-order valence-electron chi connectivity index (χ1n) is 9.04. The topological polar surface area (TPSA) is 55.8 Å². The molecule has 132 valence electrons. The maximum absolute atomic E-state index is 12.6. The Labute approximate surface area is 144 Å². The Kier molecular flexibility index (Phi) is 4.99. The van der Waals surface area contributed by atoms with Gasteiger partial charge in [-0.3, -0.25) is 0 Å². The van der Waals surface area contributed by atoms with Gasteiger partial charge in [0.05, 0.1) is 11.6 Å². The molecule has 5 heteroatoms. The van der Waals surface area contributed by atoms with E-state index in [-0.39, 0.29) is 18.1 Å². The second-order valence-electron chi connectivity index (χ2n) is 7.55. The van der Waals surface area contributed by atoms with E-state index in [9.17, 15) is 9.90 Å². The van der Waals surface area contributed by atoms with Crippen molar-refractivity contribution in [1.29, 1.82) is 0 Å². The summed E-state index contributed by atoms with van der Waals surface area (Å²) in [4.78, 5) is 16.8. The number of hydrogen-bond donors (Lipinski definition) is 2. The Morgan fingerprint density at radius 3 is 2.42 bits per heavy atom. The Morgan fingerprint density at radius 1 is 1.12 bits per heavy atom. The van der Waals surface area contributed by atoms with Crippen LogP contribution in [-0.4, -0.2) is 53.4 Å². The molecule has 2 aliphatic rings. The largest absolute Gasteiger partial charge is 0.388 e. The monoisotopic (exact) mass is 331 g/mol. The molecule has 0 aromatic heterocycles. The summed E-state index contributed by atoms with van der Waals surface area (Å²) in [6, 6.07) is 10.6. The Bertz CT molecular complexity index is 547. The van der Waals surface area contributed by atoms with Crippen molar-refractivity contribution in [3.63, 3.8) is 0 Å². The molecule has 2 N–H and O–H groups in total. The van der Waals surface area contributed by atoms with Crippen molar-refractivity contribution in [1.82, 2.24) is 10.2 Å². The number of para-hydroxylation sites is 1. The van der Waals surface area contributed by atoms with Crippen molar-refractivity contribution in [3.05, 3.63) is 30.3 Å². The number of aliphatic hydroxyl groups is 1. The molecule has 0 aliphatic carbocycles. The van der Waals surface area contributed by atoms with E-state index in [1.807, 2.05) is 11.0 Å². The lowest BCUT2D eigenvalue weighted by molar-refractivity contribution is 0.00935. The van der Waals surface area contributed by atoms with E-state index in [0.717, 1.165) is 45.3 Å². The van der Waals surface area contributed by atoms with Gasteiger partial charge in [-0.15, -0.1) is 0 Å². The number of piperidine rings is 1. The minimum absolute atomic E-state index is 0.0159. The van der Waals surface area contributed by atoms with Crippen LogP contribution in [0, 0.1) is 0 Å². The molecule has 0 saturated carbocycles.